The van der Waals surface area contributed by atoms with Gasteiger partial charge in [-0.25, -0.2) is 0 Å². The first-order valence-electron chi connectivity index (χ1n) is 2.87. The second-order valence-corrected chi connectivity index (χ2v) is 2.68. The summed E-state index contributed by atoms with van der Waals surface area (Å²) in [6.07, 6.45) is -1.18. The van der Waals surface area contributed by atoms with Crippen molar-refractivity contribution in [2.75, 3.05) is 0 Å². The summed E-state index contributed by atoms with van der Waals surface area (Å²) in [5.74, 6) is -3.97. The quantitative estimate of drug-likeness (QED) is 0.266. The Bertz CT molecular complexity index is 150. The van der Waals surface area contributed by atoms with E-state index in [1.54, 1.807) is 0 Å². The molecular formula is C4H9O7P. The zero-order valence-corrected chi connectivity index (χ0v) is 6.81. The van der Waals surface area contributed by atoms with Crippen molar-refractivity contribution in [1.82, 2.24) is 0 Å². The minimum Gasteiger partial charge on any atom is -0.394 e. The minimum atomic E-state index is -2.94. The van der Waals surface area contributed by atoms with Gasteiger partial charge in [-0.05, 0) is 0 Å². The SMILES string of the molecule is O=C(CCC(O)(O)O)OP(O)O. The molecule has 0 saturated heterocycles. The van der Waals surface area contributed by atoms with Crippen LogP contribution in [0, 0.1) is 0 Å². The molecule has 72 valence electrons. The van der Waals surface area contributed by atoms with Crippen LogP contribution in [-0.4, -0.2) is 37.0 Å². The van der Waals surface area contributed by atoms with Gasteiger partial charge in [0.2, 0.25) is 0 Å². The lowest BCUT2D eigenvalue weighted by atomic mass is 10.3. The van der Waals surface area contributed by atoms with Crippen LogP contribution in [0.5, 0.6) is 0 Å². The molecule has 0 aliphatic heterocycles. The summed E-state index contributed by atoms with van der Waals surface area (Å²) in [6, 6.07) is 0. The topological polar surface area (TPSA) is 127 Å². The zero-order valence-electron chi connectivity index (χ0n) is 5.91. The fourth-order valence-electron chi connectivity index (χ4n) is 0.406. The molecule has 0 aromatic carbocycles. The summed E-state index contributed by atoms with van der Waals surface area (Å²) in [5.41, 5.74) is 0. The monoisotopic (exact) mass is 200 g/mol. The maximum atomic E-state index is 10.4. The normalized spacial score (nSPS) is 11.8. The molecule has 5 N–H and O–H groups in total. The molecule has 0 bridgehead atoms. The standard InChI is InChI=1S/C4H9O7P/c5-3(11-12(9)10)1-2-4(6,7)8/h6-10H,1-2H2. The lowest BCUT2D eigenvalue weighted by Gasteiger charge is -2.12. The van der Waals surface area contributed by atoms with Gasteiger partial charge in [0, 0.05) is 6.42 Å². The van der Waals surface area contributed by atoms with E-state index in [1.807, 2.05) is 0 Å². The number of rotatable bonds is 4. The molecule has 0 aromatic heterocycles. The summed E-state index contributed by atoms with van der Waals surface area (Å²) in [5, 5.41) is 24.9. The molecule has 0 spiro atoms. The molecule has 0 saturated carbocycles. The van der Waals surface area contributed by atoms with Crippen molar-refractivity contribution in [3.8, 4) is 0 Å². The van der Waals surface area contributed by atoms with Crippen molar-refractivity contribution in [1.29, 1.82) is 0 Å². The maximum Gasteiger partial charge on any atom is 0.393 e. The van der Waals surface area contributed by atoms with Crippen LogP contribution in [0.25, 0.3) is 0 Å². The Balaban J connectivity index is 3.58. The van der Waals surface area contributed by atoms with Crippen molar-refractivity contribution in [3.05, 3.63) is 0 Å². The Morgan fingerprint density at radius 2 is 1.83 bits per heavy atom. The lowest BCUT2D eigenvalue weighted by molar-refractivity contribution is -0.314. The zero-order chi connectivity index (χ0) is 9.78. The molecule has 7 nitrogen and oxygen atoms in total. The summed E-state index contributed by atoms with van der Waals surface area (Å²) >= 11 is 0. The summed E-state index contributed by atoms with van der Waals surface area (Å²) in [6.45, 7) is 0. The number of carbonyl (C=O) groups is 1. The van der Waals surface area contributed by atoms with E-state index in [1.165, 1.54) is 0 Å². The molecule has 12 heavy (non-hydrogen) atoms. The number of carbonyl (C=O) groups excluding carboxylic acids is 1. The molecule has 0 radical (unpaired) electrons. The van der Waals surface area contributed by atoms with Crippen molar-refractivity contribution >= 4 is 14.6 Å². The average Bonchev–Trinajstić information content (AvgIpc) is 1.80. The summed E-state index contributed by atoms with van der Waals surface area (Å²) in [4.78, 5) is 26.7. The minimum absolute atomic E-state index is 0.524. The van der Waals surface area contributed by atoms with Gasteiger partial charge in [0.15, 0.2) is 0 Å². The van der Waals surface area contributed by atoms with E-state index >= 15 is 0 Å². The van der Waals surface area contributed by atoms with E-state index in [4.69, 9.17) is 25.1 Å². The highest BCUT2D eigenvalue weighted by molar-refractivity contribution is 7.40. The lowest BCUT2D eigenvalue weighted by Crippen LogP contribution is -2.27. The molecule has 0 fully saturated rings. The third-order valence-corrected chi connectivity index (χ3v) is 1.21. The van der Waals surface area contributed by atoms with Crippen LogP contribution in [0.15, 0.2) is 0 Å². The molecule has 0 unspecified atom stereocenters. The predicted octanol–water partition coefficient (Wildman–Crippen LogP) is -1.85. The van der Waals surface area contributed by atoms with Crippen molar-refractivity contribution in [2.24, 2.45) is 0 Å². The third kappa shape index (κ3) is 7.80. The highest BCUT2D eigenvalue weighted by atomic mass is 31.2. The van der Waals surface area contributed by atoms with Crippen LogP contribution in [-0.2, 0) is 9.32 Å². The van der Waals surface area contributed by atoms with Gasteiger partial charge in [-0.2, -0.15) is 0 Å². The molecule has 8 heteroatoms. The molecule has 0 aliphatic rings. The van der Waals surface area contributed by atoms with Gasteiger partial charge in [0.1, 0.15) is 0 Å². The van der Waals surface area contributed by atoms with Crippen LogP contribution >= 0.6 is 8.60 Å². The summed E-state index contributed by atoms with van der Waals surface area (Å²) < 4.78 is 3.85. The second kappa shape index (κ2) is 4.66. The van der Waals surface area contributed by atoms with Gasteiger partial charge in [0.25, 0.3) is 5.97 Å². The van der Waals surface area contributed by atoms with E-state index in [9.17, 15) is 4.79 Å². The predicted molar refractivity (Wildman–Crippen MR) is 36.1 cm³/mol. The Labute approximate surface area is 68.8 Å². The van der Waals surface area contributed by atoms with Crippen LogP contribution in [0.3, 0.4) is 0 Å². The van der Waals surface area contributed by atoms with E-state index in [2.05, 4.69) is 4.52 Å². The fraction of sp³-hybridized carbons (Fsp3) is 0.750. The Hall–Kier alpha value is -0.300. The van der Waals surface area contributed by atoms with Gasteiger partial charge >= 0.3 is 14.6 Å². The number of aliphatic hydroxyl groups is 3. The van der Waals surface area contributed by atoms with E-state index < -0.39 is 33.4 Å². The Kier molecular flexibility index (Phi) is 4.54. The van der Waals surface area contributed by atoms with Crippen LogP contribution in [0.2, 0.25) is 0 Å². The van der Waals surface area contributed by atoms with Crippen LogP contribution < -0.4 is 0 Å². The smallest absolute Gasteiger partial charge is 0.393 e. The molecule has 0 heterocycles. The average molecular weight is 200 g/mol. The Morgan fingerprint density at radius 1 is 1.33 bits per heavy atom. The first kappa shape index (κ1) is 11.7. The maximum absolute atomic E-state index is 10.4. The fourth-order valence-corrected chi connectivity index (χ4v) is 0.680. The summed E-state index contributed by atoms with van der Waals surface area (Å²) in [7, 11) is -2.78. The molecule has 0 rings (SSSR count). The first-order chi connectivity index (χ1) is 5.31. The van der Waals surface area contributed by atoms with E-state index in [0.29, 0.717) is 0 Å². The molecular weight excluding hydrogens is 191 g/mol. The van der Waals surface area contributed by atoms with Gasteiger partial charge in [-0.3, -0.25) is 4.79 Å². The number of hydrogen-bond donors (Lipinski definition) is 5. The molecule has 0 amide bonds. The first-order valence-corrected chi connectivity index (χ1v) is 4.03. The highest BCUT2D eigenvalue weighted by Gasteiger charge is 2.21. The van der Waals surface area contributed by atoms with Gasteiger partial charge in [-0.15, -0.1) is 0 Å². The van der Waals surface area contributed by atoms with Gasteiger partial charge in [-0.1, -0.05) is 0 Å². The molecule has 0 aliphatic carbocycles. The van der Waals surface area contributed by atoms with Gasteiger partial charge in [0.05, 0.1) is 6.42 Å². The van der Waals surface area contributed by atoms with Crippen molar-refractivity contribution in [2.45, 2.75) is 18.8 Å². The molecule has 0 atom stereocenters. The van der Waals surface area contributed by atoms with Gasteiger partial charge < -0.3 is 29.6 Å². The number of hydrogen-bond acceptors (Lipinski definition) is 7. The molecule has 0 aromatic rings. The highest BCUT2D eigenvalue weighted by Crippen LogP contribution is 2.25. The van der Waals surface area contributed by atoms with Crippen molar-refractivity contribution < 1.29 is 34.4 Å². The van der Waals surface area contributed by atoms with Crippen molar-refractivity contribution in [3.63, 3.8) is 0 Å². The third-order valence-electron chi connectivity index (χ3n) is 0.848. The largest absolute Gasteiger partial charge is 0.394 e. The second-order valence-electron chi connectivity index (χ2n) is 1.99. The van der Waals surface area contributed by atoms with Crippen LogP contribution in [0.4, 0.5) is 0 Å². The Morgan fingerprint density at radius 3 is 2.17 bits per heavy atom. The van der Waals surface area contributed by atoms with E-state index in [-0.39, 0.29) is 0 Å². The van der Waals surface area contributed by atoms with E-state index in [0.717, 1.165) is 0 Å². The van der Waals surface area contributed by atoms with Crippen LogP contribution in [0.1, 0.15) is 12.8 Å².